The fourth-order valence-corrected chi connectivity index (χ4v) is 4.38. The summed E-state index contributed by atoms with van der Waals surface area (Å²) in [7, 11) is 1.55. The molecule has 29 heavy (non-hydrogen) atoms. The van der Waals surface area contributed by atoms with E-state index in [4.69, 9.17) is 4.74 Å². The monoisotopic (exact) mass is 392 g/mol. The van der Waals surface area contributed by atoms with Crippen LogP contribution in [0.1, 0.15) is 60.1 Å². The molecule has 0 radical (unpaired) electrons. The van der Waals surface area contributed by atoms with Crippen molar-refractivity contribution in [3.05, 3.63) is 65.2 Å². The van der Waals surface area contributed by atoms with Crippen molar-refractivity contribution >= 4 is 11.6 Å². The SMILES string of the molecule is CCC(C)NC(=O)c1ccc2c(c1)C1C=CCC1C(c1ccc(OC)c(O)c1)N2. The zero-order chi connectivity index (χ0) is 20.5. The zero-order valence-electron chi connectivity index (χ0n) is 17.1. The molecular weight excluding hydrogens is 364 g/mol. The molecule has 2 aromatic carbocycles. The van der Waals surface area contributed by atoms with E-state index in [0.717, 1.165) is 29.7 Å². The maximum Gasteiger partial charge on any atom is 0.251 e. The van der Waals surface area contributed by atoms with E-state index in [0.29, 0.717) is 17.2 Å². The van der Waals surface area contributed by atoms with Gasteiger partial charge < -0.3 is 20.5 Å². The quantitative estimate of drug-likeness (QED) is 0.642. The van der Waals surface area contributed by atoms with Gasteiger partial charge in [0.25, 0.3) is 5.91 Å². The number of amides is 1. The summed E-state index contributed by atoms with van der Waals surface area (Å²) in [6.07, 6.45) is 6.32. The number of phenols is 1. The Balaban J connectivity index is 1.65. The van der Waals surface area contributed by atoms with Crippen molar-refractivity contribution in [1.82, 2.24) is 5.32 Å². The molecule has 2 aromatic rings. The Bertz CT molecular complexity index is 953. The topological polar surface area (TPSA) is 70.6 Å². The van der Waals surface area contributed by atoms with Crippen LogP contribution in [-0.4, -0.2) is 24.2 Å². The van der Waals surface area contributed by atoms with Gasteiger partial charge in [0.1, 0.15) is 0 Å². The summed E-state index contributed by atoms with van der Waals surface area (Å²) in [5.74, 6) is 1.18. The van der Waals surface area contributed by atoms with Crippen LogP contribution in [0.15, 0.2) is 48.6 Å². The molecule has 3 N–H and O–H groups in total. The van der Waals surface area contributed by atoms with Crippen LogP contribution < -0.4 is 15.4 Å². The fourth-order valence-electron chi connectivity index (χ4n) is 4.38. The van der Waals surface area contributed by atoms with Gasteiger partial charge in [0, 0.05) is 23.2 Å². The number of methoxy groups -OCH3 is 1. The Labute approximate surface area is 171 Å². The molecular formula is C24H28N2O3. The molecule has 1 aliphatic carbocycles. The number of ether oxygens (including phenoxy) is 1. The van der Waals surface area contributed by atoms with Gasteiger partial charge in [-0.15, -0.1) is 0 Å². The minimum atomic E-state index is -0.0251. The first-order valence-electron chi connectivity index (χ1n) is 10.3. The second kappa shape index (κ2) is 7.82. The molecule has 0 fully saturated rings. The van der Waals surface area contributed by atoms with Crippen molar-refractivity contribution in [3.63, 3.8) is 0 Å². The number of nitrogens with one attached hydrogen (secondary N) is 2. The Morgan fingerprint density at radius 2 is 2.14 bits per heavy atom. The summed E-state index contributed by atoms with van der Waals surface area (Å²) in [5, 5.41) is 16.9. The lowest BCUT2D eigenvalue weighted by atomic mass is 9.76. The maximum absolute atomic E-state index is 12.6. The Hall–Kier alpha value is -2.95. The Kier molecular flexibility index (Phi) is 5.22. The molecule has 4 rings (SSSR count). The van der Waals surface area contributed by atoms with Gasteiger partial charge in [-0.05, 0) is 67.1 Å². The van der Waals surface area contributed by atoms with Crippen LogP contribution >= 0.6 is 0 Å². The molecule has 1 amide bonds. The number of hydrogen-bond donors (Lipinski definition) is 3. The highest BCUT2D eigenvalue weighted by Crippen LogP contribution is 2.50. The van der Waals surface area contributed by atoms with E-state index >= 15 is 0 Å². The lowest BCUT2D eigenvalue weighted by molar-refractivity contribution is 0.0939. The number of carbonyl (C=O) groups is 1. The first-order chi connectivity index (χ1) is 14.0. The number of benzene rings is 2. The van der Waals surface area contributed by atoms with Crippen molar-refractivity contribution in [2.45, 2.75) is 44.7 Å². The summed E-state index contributed by atoms with van der Waals surface area (Å²) in [4.78, 5) is 12.6. The molecule has 4 unspecified atom stereocenters. The summed E-state index contributed by atoms with van der Waals surface area (Å²) in [6.45, 7) is 4.08. The number of carbonyl (C=O) groups excluding carboxylic acids is 1. The largest absolute Gasteiger partial charge is 0.504 e. The van der Waals surface area contributed by atoms with E-state index in [2.05, 4.69) is 29.7 Å². The highest BCUT2D eigenvalue weighted by molar-refractivity contribution is 5.95. The van der Waals surface area contributed by atoms with Crippen molar-refractivity contribution in [1.29, 1.82) is 0 Å². The van der Waals surface area contributed by atoms with Gasteiger partial charge in [-0.2, -0.15) is 0 Å². The molecule has 5 heteroatoms. The number of phenolic OH excluding ortho intramolecular Hbond substituents is 1. The molecule has 0 spiro atoms. The smallest absolute Gasteiger partial charge is 0.251 e. The van der Waals surface area contributed by atoms with Crippen molar-refractivity contribution < 1.29 is 14.6 Å². The standard InChI is InChI=1S/C24H28N2O3/c1-4-14(2)25-24(28)16-8-10-20-19(12-16)17-6-5-7-18(17)23(26-20)15-9-11-22(29-3)21(27)13-15/h5-6,8-14,17-18,23,26-27H,4,7H2,1-3H3,(H,25,28). The third-order valence-electron chi connectivity index (χ3n) is 6.18. The van der Waals surface area contributed by atoms with Crippen LogP contribution in [0.25, 0.3) is 0 Å². The Morgan fingerprint density at radius 1 is 1.31 bits per heavy atom. The molecule has 0 saturated heterocycles. The molecule has 2 aliphatic rings. The number of aromatic hydroxyl groups is 1. The van der Waals surface area contributed by atoms with Crippen LogP contribution in [-0.2, 0) is 0 Å². The number of allylic oxidation sites excluding steroid dienone is 2. The first-order valence-corrected chi connectivity index (χ1v) is 10.3. The lowest BCUT2D eigenvalue weighted by Crippen LogP contribution is -2.33. The molecule has 0 saturated carbocycles. The molecule has 0 aromatic heterocycles. The van der Waals surface area contributed by atoms with E-state index in [9.17, 15) is 9.90 Å². The lowest BCUT2D eigenvalue weighted by Gasteiger charge is -2.37. The summed E-state index contributed by atoms with van der Waals surface area (Å²) in [6, 6.07) is 11.7. The third kappa shape index (κ3) is 3.57. The summed E-state index contributed by atoms with van der Waals surface area (Å²) >= 11 is 0. The molecule has 152 valence electrons. The fraction of sp³-hybridized carbons (Fsp3) is 0.375. The predicted molar refractivity (Wildman–Crippen MR) is 115 cm³/mol. The van der Waals surface area contributed by atoms with Crippen LogP contribution in [0.2, 0.25) is 0 Å². The van der Waals surface area contributed by atoms with Crippen LogP contribution in [0, 0.1) is 5.92 Å². The van der Waals surface area contributed by atoms with Gasteiger partial charge in [0.2, 0.25) is 0 Å². The zero-order valence-corrected chi connectivity index (χ0v) is 17.1. The average molecular weight is 392 g/mol. The van der Waals surface area contributed by atoms with E-state index in [-0.39, 0.29) is 29.7 Å². The van der Waals surface area contributed by atoms with E-state index in [1.807, 2.05) is 37.3 Å². The van der Waals surface area contributed by atoms with Gasteiger partial charge >= 0.3 is 0 Å². The highest BCUT2D eigenvalue weighted by Gasteiger charge is 2.38. The van der Waals surface area contributed by atoms with Crippen LogP contribution in [0.3, 0.4) is 0 Å². The van der Waals surface area contributed by atoms with Crippen LogP contribution in [0.4, 0.5) is 5.69 Å². The van der Waals surface area contributed by atoms with Gasteiger partial charge in [0.05, 0.1) is 13.2 Å². The second-order valence-corrected chi connectivity index (χ2v) is 7.99. The van der Waals surface area contributed by atoms with Crippen molar-refractivity contribution in [3.8, 4) is 11.5 Å². The number of rotatable bonds is 5. The van der Waals surface area contributed by atoms with Gasteiger partial charge in [-0.25, -0.2) is 0 Å². The van der Waals surface area contributed by atoms with Crippen molar-refractivity contribution in [2.75, 3.05) is 12.4 Å². The minimum Gasteiger partial charge on any atom is -0.504 e. The first kappa shape index (κ1) is 19.4. The van der Waals surface area contributed by atoms with E-state index < -0.39 is 0 Å². The van der Waals surface area contributed by atoms with Gasteiger partial charge in [-0.3, -0.25) is 4.79 Å². The van der Waals surface area contributed by atoms with Crippen molar-refractivity contribution in [2.24, 2.45) is 5.92 Å². The molecule has 1 heterocycles. The van der Waals surface area contributed by atoms with Crippen LogP contribution in [0.5, 0.6) is 11.5 Å². The third-order valence-corrected chi connectivity index (χ3v) is 6.18. The number of hydrogen-bond acceptors (Lipinski definition) is 4. The molecule has 4 atom stereocenters. The van der Waals surface area contributed by atoms with Gasteiger partial charge in [-0.1, -0.05) is 25.1 Å². The molecule has 1 aliphatic heterocycles. The predicted octanol–water partition coefficient (Wildman–Crippen LogP) is 4.76. The van der Waals surface area contributed by atoms with Gasteiger partial charge in [0.15, 0.2) is 11.5 Å². The van der Waals surface area contributed by atoms with E-state index in [1.54, 1.807) is 13.2 Å². The maximum atomic E-state index is 12.6. The molecule has 5 nitrogen and oxygen atoms in total. The number of fused-ring (bicyclic) bond motifs is 3. The highest BCUT2D eigenvalue weighted by atomic mass is 16.5. The second-order valence-electron chi connectivity index (χ2n) is 7.99. The minimum absolute atomic E-state index is 0.0251. The summed E-state index contributed by atoms with van der Waals surface area (Å²) < 4.78 is 5.18. The summed E-state index contributed by atoms with van der Waals surface area (Å²) in [5.41, 5.74) is 3.93. The normalized spacial score (nSPS) is 22.9. The molecule has 0 bridgehead atoms. The Morgan fingerprint density at radius 3 is 2.86 bits per heavy atom. The average Bonchev–Trinajstić information content (AvgIpc) is 3.22. The number of anilines is 1. The van der Waals surface area contributed by atoms with E-state index in [1.165, 1.54) is 0 Å².